The molecular weight excluding hydrogens is 254 g/mol. The molecule has 0 bridgehead atoms. The van der Waals surface area contributed by atoms with Crippen LogP contribution in [-0.2, 0) is 0 Å². The summed E-state index contributed by atoms with van der Waals surface area (Å²) in [6.45, 7) is 0. The second kappa shape index (κ2) is 6.16. The quantitative estimate of drug-likeness (QED) is 0.657. The van der Waals surface area contributed by atoms with Crippen LogP contribution in [0.1, 0.15) is 21.5 Å². The number of hydrazone groups is 1. The average molecular weight is 265 g/mol. The minimum Gasteiger partial charge on any atom is -0.508 e. The summed E-state index contributed by atoms with van der Waals surface area (Å²) in [5, 5.41) is 21.6. The minimum absolute atomic E-state index is 0.170. The highest BCUT2D eigenvalue weighted by Crippen LogP contribution is 2.07. The summed E-state index contributed by atoms with van der Waals surface area (Å²) in [6.07, 6.45) is 1.47. The molecule has 5 nitrogen and oxygen atoms in total. The molecule has 0 aliphatic rings. The molecule has 0 saturated heterocycles. The summed E-state index contributed by atoms with van der Waals surface area (Å²) in [5.74, 6) is -0.187. The Kier molecular flexibility index (Phi) is 4.10. The van der Waals surface area contributed by atoms with Gasteiger partial charge in [-0.05, 0) is 54.1 Å². The molecule has 0 saturated carbocycles. The fourth-order valence-electron chi connectivity index (χ4n) is 1.49. The van der Waals surface area contributed by atoms with Gasteiger partial charge in [-0.25, -0.2) is 5.43 Å². The number of phenols is 1. The SMILES string of the molecule is N#Cc1ccc(C(=O)N/N=C\c2ccc(O)cc2)cc1. The van der Waals surface area contributed by atoms with Gasteiger partial charge >= 0.3 is 0 Å². The maximum Gasteiger partial charge on any atom is 0.271 e. The lowest BCUT2D eigenvalue weighted by Gasteiger charge is -1.99. The Morgan fingerprint density at radius 3 is 2.40 bits per heavy atom. The highest BCUT2D eigenvalue weighted by atomic mass is 16.3. The molecule has 2 aromatic rings. The van der Waals surface area contributed by atoms with Crippen molar-refractivity contribution in [3.8, 4) is 11.8 Å². The summed E-state index contributed by atoms with van der Waals surface area (Å²) in [4.78, 5) is 11.7. The molecule has 20 heavy (non-hydrogen) atoms. The maximum absolute atomic E-state index is 11.7. The second-order valence-corrected chi connectivity index (χ2v) is 3.98. The number of carbonyl (C=O) groups is 1. The highest BCUT2D eigenvalue weighted by molar-refractivity contribution is 5.94. The summed E-state index contributed by atoms with van der Waals surface area (Å²) < 4.78 is 0. The second-order valence-electron chi connectivity index (χ2n) is 3.98. The van der Waals surface area contributed by atoms with E-state index in [2.05, 4.69) is 10.5 Å². The lowest BCUT2D eigenvalue weighted by atomic mass is 10.1. The van der Waals surface area contributed by atoms with Gasteiger partial charge in [0, 0.05) is 5.56 Å². The van der Waals surface area contributed by atoms with Crippen LogP contribution in [0, 0.1) is 11.3 Å². The van der Waals surface area contributed by atoms with Gasteiger partial charge in [-0.1, -0.05) is 0 Å². The van der Waals surface area contributed by atoms with Crippen LogP contribution in [0.4, 0.5) is 0 Å². The van der Waals surface area contributed by atoms with E-state index in [0.29, 0.717) is 11.1 Å². The summed E-state index contributed by atoms with van der Waals surface area (Å²) in [6, 6.07) is 14.6. The van der Waals surface area contributed by atoms with E-state index < -0.39 is 0 Å². The number of aromatic hydroxyl groups is 1. The van der Waals surface area contributed by atoms with Gasteiger partial charge in [0.2, 0.25) is 0 Å². The molecule has 2 aromatic carbocycles. The first kappa shape index (κ1) is 13.3. The molecule has 98 valence electrons. The van der Waals surface area contributed by atoms with E-state index in [1.807, 2.05) is 6.07 Å². The molecule has 0 radical (unpaired) electrons. The predicted octanol–water partition coefficient (Wildman–Crippen LogP) is 2.03. The summed E-state index contributed by atoms with van der Waals surface area (Å²) in [5.41, 5.74) is 4.05. The molecule has 5 heteroatoms. The molecule has 0 fully saturated rings. The zero-order chi connectivity index (χ0) is 14.4. The Hall–Kier alpha value is -3.13. The van der Waals surface area contributed by atoms with E-state index in [4.69, 9.17) is 10.4 Å². The first-order chi connectivity index (χ1) is 9.69. The van der Waals surface area contributed by atoms with E-state index in [-0.39, 0.29) is 11.7 Å². The van der Waals surface area contributed by atoms with E-state index >= 15 is 0 Å². The third-order valence-corrected chi connectivity index (χ3v) is 2.55. The number of hydrogen-bond acceptors (Lipinski definition) is 4. The first-order valence-corrected chi connectivity index (χ1v) is 5.81. The number of benzene rings is 2. The molecule has 0 aromatic heterocycles. The van der Waals surface area contributed by atoms with Crippen molar-refractivity contribution >= 4 is 12.1 Å². The van der Waals surface area contributed by atoms with Gasteiger partial charge in [0.05, 0.1) is 17.8 Å². The number of nitrogens with one attached hydrogen (secondary N) is 1. The van der Waals surface area contributed by atoms with Crippen molar-refractivity contribution in [2.75, 3.05) is 0 Å². The van der Waals surface area contributed by atoms with Crippen molar-refractivity contribution in [1.82, 2.24) is 5.43 Å². The lowest BCUT2D eigenvalue weighted by molar-refractivity contribution is 0.0955. The topological polar surface area (TPSA) is 85.5 Å². The maximum atomic E-state index is 11.7. The average Bonchev–Trinajstić information content (AvgIpc) is 2.49. The third kappa shape index (κ3) is 3.43. The van der Waals surface area contributed by atoms with Gasteiger partial charge in [-0.15, -0.1) is 0 Å². The van der Waals surface area contributed by atoms with Crippen LogP contribution in [0.3, 0.4) is 0 Å². The van der Waals surface area contributed by atoms with Crippen LogP contribution in [0.25, 0.3) is 0 Å². The van der Waals surface area contributed by atoms with Crippen LogP contribution in [0.2, 0.25) is 0 Å². The third-order valence-electron chi connectivity index (χ3n) is 2.55. The normalized spacial score (nSPS) is 10.2. The fraction of sp³-hybridized carbons (Fsp3) is 0. The van der Waals surface area contributed by atoms with Crippen LogP contribution in [0.15, 0.2) is 53.6 Å². The number of amides is 1. The minimum atomic E-state index is -0.357. The van der Waals surface area contributed by atoms with Crippen LogP contribution in [-0.4, -0.2) is 17.2 Å². The predicted molar refractivity (Wildman–Crippen MR) is 74.3 cm³/mol. The molecule has 2 rings (SSSR count). The molecule has 0 atom stereocenters. The number of hydrogen-bond donors (Lipinski definition) is 2. The Morgan fingerprint density at radius 2 is 1.80 bits per heavy atom. The molecule has 0 unspecified atom stereocenters. The van der Waals surface area contributed by atoms with Crippen LogP contribution in [0.5, 0.6) is 5.75 Å². The van der Waals surface area contributed by atoms with E-state index in [1.165, 1.54) is 18.3 Å². The smallest absolute Gasteiger partial charge is 0.271 e. The molecule has 1 amide bonds. The zero-order valence-corrected chi connectivity index (χ0v) is 10.4. The van der Waals surface area contributed by atoms with E-state index in [1.54, 1.807) is 36.4 Å². The van der Waals surface area contributed by atoms with E-state index in [0.717, 1.165) is 5.56 Å². The van der Waals surface area contributed by atoms with Gasteiger partial charge in [-0.3, -0.25) is 4.79 Å². The standard InChI is InChI=1S/C15H11N3O2/c16-9-11-1-5-13(6-2-11)15(20)18-17-10-12-3-7-14(19)8-4-12/h1-8,10,19H,(H,18,20)/b17-10-. The van der Waals surface area contributed by atoms with Crippen LogP contribution >= 0.6 is 0 Å². The number of nitrogens with zero attached hydrogens (tertiary/aromatic N) is 2. The van der Waals surface area contributed by atoms with Gasteiger partial charge in [-0.2, -0.15) is 10.4 Å². The number of phenolic OH excluding ortho intramolecular Hbond substituents is 1. The van der Waals surface area contributed by atoms with Gasteiger partial charge < -0.3 is 5.11 Å². The molecule has 2 N–H and O–H groups in total. The fourth-order valence-corrected chi connectivity index (χ4v) is 1.49. The summed E-state index contributed by atoms with van der Waals surface area (Å²) in [7, 11) is 0. The van der Waals surface area contributed by atoms with Crippen molar-refractivity contribution < 1.29 is 9.90 Å². The molecule has 0 heterocycles. The lowest BCUT2D eigenvalue weighted by Crippen LogP contribution is -2.17. The largest absolute Gasteiger partial charge is 0.508 e. The highest BCUT2D eigenvalue weighted by Gasteiger charge is 2.03. The summed E-state index contributed by atoms with van der Waals surface area (Å²) >= 11 is 0. The van der Waals surface area contributed by atoms with Crippen molar-refractivity contribution in [2.24, 2.45) is 5.10 Å². The molecule has 0 aliphatic heterocycles. The van der Waals surface area contributed by atoms with Gasteiger partial charge in [0.1, 0.15) is 5.75 Å². The zero-order valence-electron chi connectivity index (χ0n) is 10.4. The Labute approximate surface area is 115 Å². The number of carbonyl (C=O) groups excluding carboxylic acids is 1. The van der Waals surface area contributed by atoms with Gasteiger partial charge in [0.15, 0.2) is 0 Å². The van der Waals surface area contributed by atoms with Gasteiger partial charge in [0.25, 0.3) is 5.91 Å². The monoisotopic (exact) mass is 265 g/mol. The first-order valence-electron chi connectivity index (χ1n) is 5.81. The van der Waals surface area contributed by atoms with Crippen molar-refractivity contribution in [2.45, 2.75) is 0 Å². The van der Waals surface area contributed by atoms with Crippen LogP contribution < -0.4 is 5.43 Å². The number of rotatable bonds is 3. The molecule has 0 aliphatic carbocycles. The molecular formula is C15H11N3O2. The molecule has 0 spiro atoms. The Bertz CT molecular complexity index is 668. The Morgan fingerprint density at radius 1 is 1.15 bits per heavy atom. The van der Waals surface area contributed by atoms with Crippen molar-refractivity contribution in [3.05, 3.63) is 65.2 Å². The van der Waals surface area contributed by atoms with Crippen molar-refractivity contribution in [1.29, 1.82) is 5.26 Å². The number of nitriles is 1. The van der Waals surface area contributed by atoms with E-state index in [9.17, 15) is 4.79 Å². The Balaban J connectivity index is 1.97. The van der Waals surface area contributed by atoms with Crippen molar-refractivity contribution in [3.63, 3.8) is 0 Å².